The Morgan fingerprint density at radius 1 is 1.37 bits per heavy atom. The summed E-state index contributed by atoms with van der Waals surface area (Å²) in [5, 5.41) is 1.77. The van der Waals surface area contributed by atoms with Crippen LogP contribution in [-0.2, 0) is 4.79 Å². The number of pyridine rings is 1. The number of aromatic nitrogens is 1. The fourth-order valence-corrected chi connectivity index (χ4v) is 2.37. The Morgan fingerprint density at radius 2 is 2.00 bits per heavy atom. The van der Waals surface area contributed by atoms with E-state index in [2.05, 4.69) is 0 Å². The third-order valence-corrected chi connectivity index (χ3v) is 3.75. The van der Waals surface area contributed by atoms with Gasteiger partial charge in [0.15, 0.2) is 0 Å². The SMILES string of the molecule is CCC(C(N)=O)n1ccc2cc(Cl)c(Cl)cc2c1=O. The van der Waals surface area contributed by atoms with Crippen molar-refractivity contribution in [1.82, 2.24) is 4.57 Å². The van der Waals surface area contributed by atoms with Crippen molar-refractivity contribution in [2.45, 2.75) is 19.4 Å². The average Bonchev–Trinajstić information content (AvgIpc) is 2.35. The van der Waals surface area contributed by atoms with Gasteiger partial charge in [-0.25, -0.2) is 0 Å². The van der Waals surface area contributed by atoms with E-state index in [-0.39, 0.29) is 5.56 Å². The molecule has 2 rings (SSSR count). The summed E-state index contributed by atoms with van der Waals surface area (Å²) in [5.74, 6) is -0.538. The summed E-state index contributed by atoms with van der Waals surface area (Å²) in [6.07, 6.45) is 2.00. The standard InChI is InChI=1S/C13H12Cl2N2O2/c1-2-11(12(16)18)17-4-3-7-5-9(14)10(15)6-8(7)13(17)19/h3-6,11H,2H2,1H3,(H2,16,18). The summed E-state index contributed by atoms with van der Waals surface area (Å²) < 4.78 is 1.33. The van der Waals surface area contributed by atoms with Gasteiger partial charge >= 0.3 is 0 Å². The summed E-state index contributed by atoms with van der Waals surface area (Å²) >= 11 is 11.8. The molecule has 1 aromatic carbocycles. The van der Waals surface area contributed by atoms with Crippen molar-refractivity contribution in [3.8, 4) is 0 Å². The van der Waals surface area contributed by atoms with Crippen molar-refractivity contribution in [1.29, 1.82) is 0 Å². The van der Waals surface area contributed by atoms with Gasteiger partial charge in [-0.1, -0.05) is 30.1 Å². The van der Waals surface area contributed by atoms with Crippen molar-refractivity contribution in [3.63, 3.8) is 0 Å². The number of primary amides is 1. The van der Waals surface area contributed by atoms with Crippen molar-refractivity contribution in [2.75, 3.05) is 0 Å². The quantitative estimate of drug-likeness (QED) is 0.947. The maximum Gasteiger partial charge on any atom is 0.259 e. The monoisotopic (exact) mass is 298 g/mol. The Balaban J connectivity index is 2.73. The van der Waals surface area contributed by atoms with Crippen LogP contribution in [0.3, 0.4) is 0 Å². The molecule has 1 heterocycles. The normalized spacial score (nSPS) is 12.6. The zero-order valence-electron chi connectivity index (χ0n) is 10.2. The van der Waals surface area contributed by atoms with Crippen LogP contribution in [0.5, 0.6) is 0 Å². The van der Waals surface area contributed by atoms with Crippen LogP contribution in [-0.4, -0.2) is 10.5 Å². The molecule has 0 fully saturated rings. The van der Waals surface area contributed by atoms with Gasteiger partial charge in [-0.15, -0.1) is 0 Å². The zero-order valence-corrected chi connectivity index (χ0v) is 11.7. The molecule has 0 saturated heterocycles. The molecule has 1 atom stereocenters. The minimum atomic E-state index is -0.661. The fourth-order valence-electron chi connectivity index (χ4n) is 2.03. The topological polar surface area (TPSA) is 65.1 Å². The van der Waals surface area contributed by atoms with Gasteiger partial charge in [0, 0.05) is 11.6 Å². The zero-order chi connectivity index (χ0) is 14.2. The highest BCUT2D eigenvalue weighted by Crippen LogP contribution is 2.26. The van der Waals surface area contributed by atoms with Crippen LogP contribution < -0.4 is 11.3 Å². The first-order chi connectivity index (χ1) is 8.95. The second kappa shape index (κ2) is 5.23. The summed E-state index contributed by atoms with van der Waals surface area (Å²) in [6, 6.07) is 4.18. The van der Waals surface area contributed by atoms with Gasteiger partial charge in [-0.05, 0) is 30.0 Å². The van der Waals surface area contributed by atoms with Crippen LogP contribution in [0.2, 0.25) is 10.0 Å². The molecule has 0 aliphatic heterocycles. The summed E-state index contributed by atoms with van der Waals surface area (Å²) in [5.41, 5.74) is 5.00. The molecule has 0 saturated carbocycles. The summed E-state index contributed by atoms with van der Waals surface area (Å²) in [4.78, 5) is 23.7. The minimum absolute atomic E-state index is 0.302. The van der Waals surface area contributed by atoms with Gasteiger partial charge < -0.3 is 10.3 Å². The largest absolute Gasteiger partial charge is 0.368 e. The number of fused-ring (bicyclic) bond motifs is 1. The second-order valence-corrected chi connectivity index (χ2v) is 5.02. The number of amides is 1. The van der Waals surface area contributed by atoms with Gasteiger partial charge in [-0.3, -0.25) is 9.59 Å². The van der Waals surface area contributed by atoms with Gasteiger partial charge in [0.1, 0.15) is 6.04 Å². The molecule has 4 nitrogen and oxygen atoms in total. The van der Waals surface area contributed by atoms with Crippen molar-refractivity contribution < 1.29 is 4.79 Å². The number of nitrogens with two attached hydrogens (primary N) is 1. The highest BCUT2D eigenvalue weighted by Gasteiger charge is 2.17. The number of rotatable bonds is 3. The third-order valence-electron chi connectivity index (χ3n) is 3.02. The highest BCUT2D eigenvalue weighted by molar-refractivity contribution is 6.42. The smallest absolute Gasteiger partial charge is 0.259 e. The Morgan fingerprint density at radius 3 is 2.58 bits per heavy atom. The number of carbonyl (C=O) groups is 1. The highest BCUT2D eigenvalue weighted by atomic mass is 35.5. The molecule has 1 unspecified atom stereocenters. The molecule has 1 aromatic heterocycles. The maximum atomic E-state index is 12.4. The number of nitrogens with zero attached hydrogens (tertiary/aromatic N) is 1. The fraction of sp³-hybridized carbons (Fsp3) is 0.231. The van der Waals surface area contributed by atoms with Crippen LogP contribution in [0.15, 0.2) is 29.2 Å². The lowest BCUT2D eigenvalue weighted by Gasteiger charge is -2.15. The lowest BCUT2D eigenvalue weighted by Crippen LogP contribution is -2.33. The van der Waals surface area contributed by atoms with Crippen LogP contribution in [0.25, 0.3) is 10.8 Å². The van der Waals surface area contributed by atoms with E-state index in [1.165, 1.54) is 10.6 Å². The lowest BCUT2D eigenvalue weighted by atomic mass is 10.1. The number of carbonyl (C=O) groups excluding carboxylic acids is 1. The second-order valence-electron chi connectivity index (χ2n) is 4.21. The van der Waals surface area contributed by atoms with E-state index >= 15 is 0 Å². The minimum Gasteiger partial charge on any atom is -0.368 e. The Kier molecular flexibility index (Phi) is 3.83. The number of hydrogen-bond donors (Lipinski definition) is 1. The predicted octanol–water partition coefficient (Wildman–Crippen LogP) is 2.74. The van der Waals surface area contributed by atoms with Gasteiger partial charge in [-0.2, -0.15) is 0 Å². The van der Waals surface area contributed by atoms with E-state index in [0.717, 1.165) is 0 Å². The van der Waals surface area contributed by atoms with E-state index in [1.54, 1.807) is 25.3 Å². The number of benzene rings is 1. The molecular weight excluding hydrogens is 287 g/mol. The van der Waals surface area contributed by atoms with E-state index < -0.39 is 11.9 Å². The van der Waals surface area contributed by atoms with Crippen LogP contribution >= 0.6 is 23.2 Å². The van der Waals surface area contributed by atoms with Crippen molar-refractivity contribution in [2.24, 2.45) is 5.73 Å². The first-order valence-electron chi connectivity index (χ1n) is 5.75. The van der Waals surface area contributed by atoms with E-state index in [0.29, 0.717) is 27.2 Å². The molecule has 0 bridgehead atoms. The number of hydrogen-bond acceptors (Lipinski definition) is 2. The van der Waals surface area contributed by atoms with Crippen LogP contribution in [0.4, 0.5) is 0 Å². The summed E-state index contributed by atoms with van der Waals surface area (Å²) in [7, 11) is 0. The van der Waals surface area contributed by atoms with Gasteiger partial charge in [0.25, 0.3) is 5.56 Å². The summed E-state index contributed by atoms with van der Waals surface area (Å²) in [6.45, 7) is 1.79. The Hall–Kier alpha value is -1.52. The molecule has 100 valence electrons. The molecule has 2 aromatic rings. The lowest BCUT2D eigenvalue weighted by molar-refractivity contribution is -0.121. The molecule has 1 amide bonds. The predicted molar refractivity (Wildman–Crippen MR) is 76.8 cm³/mol. The third kappa shape index (κ3) is 2.46. The van der Waals surface area contributed by atoms with Crippen LogP contribution in [0, 0.1) is 0 Å². The first kappa shape index (κ1) is 13.9. The average molecular weight is 299 g/mol. The van der Waals surface area contributed by atoms with E-state index in [4.69, 9.17) is 28.9 Å². The Bertz CT molecular complexity index is 710. The molecule has 0 aliphatic carbocycles. The van der Waals surface area contributed by atoms with E-state index in [9.17, 15) is 9.59 Å². The van der Waals surface area contributed by atoms with Crippen molar-refractivity contribution >= 4 is 39.9 Å². The van der Waals surface area contributed by atoms with Gasteiger partial charge in [0.05, 0.1) is 10.0 Å². The molecule has 0 aliphatic rings. The van der Waals surface area contributed by atoms with E-state index in [1.807, 2.05) is 0 Å². The first-order valence-corrected chi connectivity index (χ1v) is 6.50. The molecule has 2 N–H and O–H groups in total. The Labute approximate surface area is 119 Å². The molecule has 6 heteroatoms. The maximum absolute atomic E-state index is 12.4. The van der Waals surface area contributed by atoms with Gasteiger partial charge in [0.2, 0.25) is 5.91 Å². The number of halogens is 2. The van der Waals surface area contributed by atoms with Crippen LogP contribution in [0.1, 0.15) is 19.4 Å². The molecular formula is C13H12Cl2N2O2. The molecule has 0 radical (unpaired) electrons. The molecule has 19 heavy (non-hydrogen) atoms. The molecule has 0 spiro atoms. The van der Waals surface area contributed by atoms with Crippen molar-refractivity contribution in [3.05, 3.63) is 44.8 Å².